The van der Waals surface area contributed by atoms with Gasteiger partial charge in [-0.3, -0.25) is 0 Å². The molecule has 0 spiro atoms. The first-order valence-electron chi connectivity index (χ1n) is 10.1. The van der Waals surface area contributed by atoms with Gasteiger partial charge in [0.2, 0.25) is 0 Å². The molecule has 0 aromatic heterocycles. The van der Waals surface area contributed by atoms with Gasteiger partial charge in [-0.1, -0.05) is 34.5 Å². The molecule has 29 heavy (non-hydrogen) atoms. The van der Waals surface area contributed by atoms with E-state index in [4.69, 9.17) is 25.8 Å². The molecular formula is C22H28BrClN2O3. The molecule has 1 fully saturated rings. The summed E-state index contributed by atoms with van der Waals surface area (Å²) in [7, 11) is 0. The van der Waals surface area contributed by atoms with Gasteiger partial charge < -0.3 is 24.4 Å². The molecule has 0 bridgehead atoms. The Morgan fingerprint density at radius 1 is 1.10 bits per heavy atom. The summed E-state index contributed by atoms with van der Waals surface area (Å²) in [6, 6.07) is 10.1. The van der Waals surface area contributed by atoms with Crippen LogP contribution in [0.3, 0.4) is 0 Å². The molecule has 2 aromatic rings. The maximum absolute atomic E-state index is 6.54. The summed E-state index contributed by atoms with van der Waals surface area (Å²) in [5.74, 6) is 1.53. The maximum Gasteiger partial charge on any atom is 0.162 e. The van der Waals surface area contributed by atoms with Crippen LogP contribution in [0, 0.1) is 0 Å². The summed E-state index contributed by atoms with van der Waals surface area (Å²) in [6.45, 7) is 9.17. The van der Waals surface area contributed by atoms with Gasteiger partial charge in [0.1, 0.15) is 0 Å². The standard InChI is InChI=1S/C22H28BrClN2O3/c1-3-9-29-22-14-18(23)16(12-21(22)28-4-2)15-25-17-5-6-20(19(24)13-17)26-7-10-27-11-8-26/h5-6,12-14,25H,3-4,7-11,15H2,1-2H3. The largest absolute Gasteiger partial charge is 0.490 e. The predicted molar refractivity (Wildman–Crippen MR) is 123 cm³/mol. The van der Waals surface area contributed by atoms with Crippen LogP contribution in [0.4, 0.5) is 11.4 Å². The number of rotatable bonds is 9. The van der Waals surface area contributed by atoms with Gasteiger partial charge >= 0.3 is 0 Å². The summed E-state index contributed by atoms with van der Waals surface area (Å²) < 4.78 is 18.0. The van der Waals surface area contributed by atoms with Crippen molar-refractivity contribution in [3.05, 3.63) is 45.4 Å². The van der Waals surface area contributed by atoms with Crippen LogP contribution in [-0.2, 0) is 11.3 Å². The van der Waals surface area contributed by atoms with E-state index >= 15 is 0 Å². The molecule has 2 aromatic carbocycles. The van der Waals surface area contributed by atoms with Gasteiger partial charge in [-0.25, -0.2) is 0 Å². The second-order valence-electron chi connectivity index (χ2n) is 6.79. The van der Waals surface area contributed by atoms with E-state index in [1.165, 1.54) is 0 Å². The number of anilines is 2. The van der Waals surface area contributed by atoms with Gasteiger partial charge in [0.05, 0.1) is 37.1 Å². The molecule has 158 valence electrons. The molecule has 0 amide bonds. The zero-order chi connectivity index (χ0) is 20.6. The highest BCUT2D eigenvalue weighted by Gasteiger charge is 2.15. The zero-order valence-electron chi connectivity index (χ0n) is 17.0. The van der Waals surface area contributed by atoms with Gasteiger partial charge in [-0.15, -0.1) is 0 Å². The molecular weight excluding hydrogens is 456 g/mol. The van der Waals surface area contributed by atoms with E-state index in [1.807, 2.05) is 25.1 Å². The molecule has 0 unspecified atom stereocenters. The lowest BCUT2D eigenvalue weighted by Crippen LogP contribution is -2.36. The Bertz CT molecular complexity index is 813. The van der Waals surface area contributed by atoms with Crippen molar-refractivity contribution in [2.24, 2.45) is 0 Å². The van der Waals surface area contributed by atoms with Crippen molar-refractivity contribution in [3.63, 3.8) is 0 Å². The molecule has 0 saturated carbocycles. The fraction of sp³-hybridized carbons (Fsp3) is 0.455. The Balaban J connectivity index is 1.70. The molecule has 0 aliphatic carbocycles. The van der Waals surface area contributed by atoms with Gasteiger partial charge in [0.15, 0.2) is 11.5 Å². The lowest BCUT2D eigenvalue weighted by molar-refractivity contribution is 0.122. The Kier molecular flexibility index (Phi) is 8.33. The molecule has 1 saturated heterocycles. The zero-order valence-corrected chi connectivity index (χ0v) is 19.3. The topological polar surface area (TPSA) is 43.0 Å². The number of ether oxygens (including phenoxy) is 3. The molecule has 0 atom stereocenters. The van der Waals surface area contributed by atoms with E-state index in [0.29, 0.717) is 19.8 Å². The predicted octanol–water partition coefficient (Wildman–Crippen LogP) is 5.74. The third-order valence-electron chi connectivity index (χ3n) is 4.66. The summed E-state index contributed by atoms with van der Waals surface area (Å²) in [5, 5.41) is 4.20. The van der Waals surface area contributed by atoms with Crippen molar-refractivity contribution >= 4 is 38.9 Å². The van der Waals surface area contributed by atoms with Crippen LogP contribution >= 0.6 is 27.5 Å². The summed E-state index contributed by atoms with van der Waals surface area (Å²) in [6.07, 6.45) is 0.952. The van der Waals surface area contributed by atoms with Crippen LogP contribution in [0.5, 0.6) is 11.5 Å². The minimum atomic E-state index is 0.593. The van der Waals surface area contributed by atoms with Crippen molar-refractivity contribution in [2.75, 3.05) is 49.7 Å². The number of halogens is 2. The van der Waals surface area contributed by atoms with Gasteiger partial charge in [-0.2, -0.15) is 0 Å². The van der Waals surface area contributed by atoms with E-state index in [1.54, 1.807) is 0 Å². The van der Waals surface area contributed by atoms with Gasteiger partial charge in [0.25, 0.3) is 0 Å². The molecule has 5 nitrogen and oxygen atoms in total. The number of hydrogen-bond donors (Lipinski definition) is 1. The van der Waals surface area contributed by atoms with Gasteiger partial charge in [0, 0.05) is 29.8 Å². The van der Waals surface area contributed by atoms with E-state index in [-0.39, 0.29) is 0 Å². The number of hydrogen-bond acceptors (Lipinski definition) is 5. The molecule has 1 aliphatic heterocycles. The third kappa shape index (κ3) is 5.93. The monoisotopic (exact) mass is 482 g/mol. The number of benzene rings is 2. The van der Waals surface area contributed by atoms with Crippen molar-refractivity contribution in [3.8, 4) is 11.5 Å². The molecule has 1 aliphatic rings. The average Bonchev–Trinajstić information content (AvgIpc) is 2.73. The van der Waals surface area contributed by atoms with Crippen LogP contribution in [0.2, 0.25) is 5.02 Å². The molecule has 3 rings (SSSR count). The normalized spacial score (nSPS) is 14.0. The molecule has 1 N–H and O–H groups in total. The third-order valence-corrected chi connectivity index (χ3v) is 5.70. The number of nitrogens with zero attached hydrogens (tertiary/aromatic N) is 1. The Morgan fingerprint density at radius 3 is 2.55 bits per heavy atom. The highest BCUT2D eigenvalue weighted by Crippen LogP contribution is 2.35. The van der Waals surface area contributed by atoms with Crippen LogP contribution in [-0.4, -0.2) is 39.5 Å². The van der Waals surface area contributed by atoms with Gasteiger partial charge in [-0.05, 0) is 49.2 Å². The number of morpholine rings is 1. The highest BCUT2D eigenvalue weighted by molar-refractivity contribution is 9.10. The summed E-state index contributed by atoms with van der Waals surface area (Å²) in [5.41, 5.74) is 3.12. The lowest BCUT2D eigenvalue weighted by Gasteiger charge is -2.29. The second-order valence-corrected chi connectivity index (χ2v) is 8.05. The average molecular weight is 484 g/mol. The fourth-order valence-corrected chi connectivity index (χ4v) is 3.94. The van der Waals surface area contributed by atoms with E-state index in [2.05, 4.69) is 45.2 Å². The van der Waals surface area contributed by atoms with Crippen LogP contribution < -0.4 is 19.7 Å². The van der Waals surface area contributed by atoms with Crippen molar-refractivity contribution in [2.45, 2.75) is 26.8 Å². The van der Waals surface area contributed by atoms with Crippen LogP contribution in [0.25, 0.3) is 0 Å². The second kappa shape index (κ2) is 11.0. The summed E-state index contributed by atoms with van der Waals surface area (Å²) >= 11 is 10.2. The molecule has 7 heteroatoms. The summed E-state index contributed by atoms with van der Waals surface area (Å²) in [4.78, 5) is 2.26. The number of nitrogens with one attached hydrogen (secondary N) is 1. The minimum Gasteiger partial charge on any atom is -0.490 e. The van der Waals surface area contributed by atoms with E-state index < -0.39 is 0 Å². The highest BCUT2D eigenvalue weighted by atomic mass is 79.9. The van der Waals surface area contributed by atoms with Crippen LogP contribution in [0.15, 0.2) is 34.8 Å². The van der Waals surface area contributed by atoms with Crippen molar-refractivity contribution < 1.29 is 14.2 Å². The Labute approximate surface area is 186 Å². The molecule has 1 heterocycles. The molecule has 0 radical (unpaired) electrons. The maximum atomic E-state index is 6.54. The Morgan fingerprint density at radius 2 is 1.86 bits per heavy atom. The first kappa shape index (κ1) is 22.1. The SMILES string of the molecule is CCCOc1cc(Br)c(CNc2ccc(N3CCOCC3)c(Cl)c2)cc1OCC. The lowest BCUT2D eigenvalue weighted by atomic mass is 10.2. The fourth-order valence-electron chi connectivity index (χ4n) is 3.18. The Hall–Kier alpha value is -1.63. The minimum absolute atomic E-state index is 0.593. The first-order chi connectivity index (χ1) is 14.1. The van der Waals surface area contributed by atoms with E-state index in [9.17, 15) is 0 Å². The first-order valence-corrected chi connectivity index (χ1v) is 11.2. The van der Waals surface area contributed by atoms with Crippen molar-refractivity contribution in [1.29, 1.82) is 0 Å². The van der Waals surface area contributed by atoms with Crippen molar-refractivity contribution in [1.82, 2.24) is 0 Å². The quantitative estimate of drug-likeness (QED) is 0.493. The van der Waals surface area contributed by atoms with Crippen LogP contribution in [0.1, 0.15) is 25.8 Å². The van der Waals surface area contributed by atoms with E-state index in [0.717, 1.165) is 70.7 Å². The smallest absolute Gasteiger partial charge is 0.162 e.